The Morgan fingerprint density at radius 1 is 1.35 bits per heavy atom. The van der Waals surface area contributed by atoms with Gasteiger partial charge in [-0.3, -0.25) is 0 Å². The summed E-state index contributed by atoms with van der Waals surface area (Å²) in [7, 11) is 3.33. The first kappa shape index (κ1) is 12.7. The SMILES string of the molecule is CO[C@H]1CCN(c2ccc(S(=O)(=O)Cl)cc2)C1. The van der Waals surface area contributed by atoms with E-state index in [2.05, 4.69) is 4.90 Å². The monoisotopic (exact) mass is 275 g/mol. The second-order valence-electron chi connectivity index (χ2n) is 4.02. The Balaban J connectivity index is 2.14. The maximum Gasteiger partial charge on any atom is 0.261 e. The topological polar surface area (TPSA) is 46.6 Å². The van der Waals surface area contributed by atoms with Crippen molar-refractivity contribution in [2.24, 2.45) is 0 Å². The van der Waals surface area contributed by atoms with Crippen molar-refractivity contribution in [3.63, 3.8) is 0 Å². The molecule has 0 aromatic heterocycles. The highest BCUT2D eigenvalue weighted by molar-refractivity contribution is 8.13. The van der Waals surface area contributed by atoms with Crippen molar-refractivity contribution in [2.75, 3.05) is 25.1 Å². The number of methoxy groups -OCH3 is 1. The summed E-state index contributed by atoms with van der Waals surface area (Å²) < 4.78 is 27.5. The van der Waals surface area contributed by atoms with E-state index in [4.69, 9.17) is 15.4 Å². The maximum absolute atomic E-state index is 11.1. The van der Waals surface area contributed by atoms with E-state index in [-0.39, 0.29) is 11.0 Å². The van der Waals surface area contributed by atoms with Gasteiger partial charge in [-0.15, -0.1) is 0 Å². The van der Waals surface area contributed by atoms with Gasteiger partial charge in [-0.1, -0.05) is 0 Å². The average Bonchev–Trinajstić information content (AvgIpc) is 2.76. The summed E-state index contributed by atoms with van der Waals surface area (Å²) in [5.41, 5.74) is 0.994. The van der Waals surface area contributed by atoms with E-state index in [1.165, 1.54) is 12.1 Å². The Labute approximate surface area is 106 Å². The van der Waals surface area contributed by atoms with Crippen LogP contribution >= 0.6 is 10.7 Å². The zero-order chi connectivity index (χ0) is 12.5. The van der Waals surface area contributed by atoms with Gasteiger partial charge in [0.25, 0.3) is 9.05 Å². The maximum atomic E-state index is 11.1. The predicted octanol–water partition coefficient (Wildman–Crippen LogP) is 1.84. The van der Waals surface area contributed by atoms with Gasteiger partial charge in [-0.2, -0.15) is 0 Å². The highest BCUT2D eigenvalue weighted by Crippen LogP contribution is 2.24. The summed E-state index contributed by atoms with van der Waals surface area (Å²) in [5, 5.41) is 0. The molecule has 1 aromatic rings. The van der Waals surface area contributed by atoms with Crippen LogP contribution in [0.1, 0.15) is 6.42 Å². The Morgan fingerprint density at radius 3 is 2.47 bits per heavy atom. The number of rotatable bonds is 3. The third-order valence-electron chi connectivity index (χ3n) is 2.96. The molecular weight excluding hydrogens is 262 g/mol. The normalized spacial score (nSPS) is 20.8. The van der Waals surface area contributed by atoms with Gasteiger partial charge in [0.05, 0.1) is 11.0 Å². The first-order chi connectivity index (χ1) is 8.00. The van der Waals surface area contributed by atoms with Crippen molar-refractivity contribution in [3.8, 4) is 0 Å². The van der Waals surface area contributed by atoms with Crippen LogP contribution in [0.3, 0.4) is 0 Å². The van der Waals surface area contributed by atoms with Crippen LogP contribution in [0.25, 0.3) is 0 Å². The molecule has 2 rings (SSSR count). The van der Waals surface area contributed by atoms with Crippen LogP contribution < -0.4 is 4.90 Å². The van der Waals surface area contributed by atoms with Crippen LogP contribution in [0.4, 0.5) is 5.69 Å². The number of hydrogen-bond acceptors (Lipinski definition) is 4. The number of hydrogen-bond donors (Lipinski definition) is 0. The van der Waals surface area contributed by atoms with Crippen molar-refractivity contribution >= 4 is 25.4 Å². The van der Waals surface area contributed by atoms with Crippen molar-refractivity contribution in [3.05, 3.63) is 24.3 Å². The average molecular weight is 276 g/mol. The fraction of sp³-hybridized carbons (Fsp3) is 0.455. The number of benzene rings is 1. The predicted molar refractivity (Wildman–Crippen MR) is 67.1 cm³/mol. The van der Waals surface area contributed by atoms with Gasteiger partial charge < -0.3 is 9.64 Å². The summed E-state index contributed by atoms with van der Waals surface area (Å²) >= 11 is 0. The van der Waals surface area contributed by atoms with Crippen LogP contribution in [-0.2, 0) is 13.8 Å². The number of anilines is 1. The molecule has 0 N–H and O–H groups in total. The zero-order valence-corrected chi connectivity index (χ0v) is 11.0. The zero-order valence-electron chi connectivity index (χ0n) is 9.47. The molecule has 1 aliphatic rings. The summed E-state index contributed by atoms with van der Waals surface area (Å²) in [6, 6.07) is 6.59. The second kappa shape index (κ2) is 4.84. The summed E-state index contributed by atoms with van der Waals surface area (Å²) in [5.74, 6) is 0. The molecule has 0 radical (unpaired) electrons. The molecule has 1 saturated heterocycles. The molecule has 0 amide bonds. The summed E-state index contributed by atoms with van der Waals surface area (Å²) in [6.07, 6.45) is 1.25. The van der Waals surface area contributed by atoms with E-state index in [9.17, 15) is 8.42 Å². The van der Waals surface area contributed by atoms with E-state index in [0.717, 1.165) is 25.2 Å². The van der Waals surface area contributed by atoms with Crippen LogP contribution in [-0.4, -0.2) is 34.7 Å². The third kappa shape index (κ3) is 2.91. The van der Waals surface area contributed by atoms with Crippen molar-refractivity contribution in [2.45, 2.75) is 17.4 Å². The van der Waals surface area contributed by atoms with Crippen molar-refractivity contribution < 1.29 is 13.2 Å². The van der Waals surface area contributed by atoms with E-state index in [1.807, 2.05) is 0 Å². The molecule has 0 unspecified atom stereocenters. The molecular formula is C11H14ClNO3S. The van der Waals surface area contributed by atoms with Crippen molar-refractivity contribution in [1.82, 2.24) is 0 Å². The van der Waals surface area contributed by atoms with Crippen LogP contribution in [0.2, 0.25) is 0 Å². The Hall–Kier alpha value is -0.780. The highest BCUT2D eigenvalue weighted by Gasteiger charge is 2.22. The van der Waals surface area contributed by atoms with Gasteiger partial charge in [-0.25, -0.2) is 8.42 Å². The first-order valence-electron chi connectivity index (χ1n) is 5.33. The Bertz CT molecular complexity index is 486. The van der Waals surface area contributed by atoms with Gasteiger partial charge in [0.2, 0.25) is 0 Å². The molecule has 1 atom stereocenters. The summed E-state index contributed by atoms with van der Waals surface area (Å²) in [4.78, 5) is 2.30. The standard InChI is InChI=1S/C11H14ClNO3S/c1-16-10-6-7-13(8-10)9-2-4-11(5-3-9)17(12,14)15/h2-5,10H,6-8H2,1H3/t10-/m0/s1. The molecule has 1 aromatic carbocycles. The van der Waals surface area contributed by atoms with Gasteiger partial charge >= 0.3 is 0 Å². The Morgan fingerprint density at radius 2 is 2.00 bits per heavy atom. The second-order valence-corrected chi connectivity index (χ2v) is 6.59. The molecule has 1 aliphatic heterocycles. The number of halogens is 1. The van der Waals surface area contributed by atoms with Crippen LogP contribution in [0.5, 0.6) is 0 Å². The van der Waals surface area contributed by atoms with E-state index in [1.54, 1.807) is 19.2 Å². The molecule has 0 bridgehead atoms. The van der Waals surface area contributed by atoms with Gasteiger partial charge in [0, 0.05) is 36.6 Å². The fourth-order valence-electron chi connectivity index (χ4n) is 1.97. The molecule has 0 spiro atoms. The highest BCUT2D eigenvalue weighted by atomic mass is 35.7. The lowest BCUT2D eigenvalue weighted by molar-refractivity contribution is 0.121. The minimum absolute atomic E-state index is 0.130. The largest absolute Gasteiger partial charge is 0.380 e. The van der Waals surface area contributed by atoms with Crippen LogP contribution in [0.15, 0.2) is 29.2 Å². The minimum Gasteiger partial charge on any atom is -0.380 e. The molecule has 0 saturated carbocycles. The fourth-order valence-corrected chi connectivity index (χ4v) is 2.74. The molecule has 94 valence electrons. The molecule has 4 nitrogen and oxygen atoms in total. The minimum atomic E-state index is -3.63. The third-order valence-corrected chi connectivity index (χ3v) is 4.33. The van der Waals surface area contributed by atoms with E-state index in [0.29, 0.717) is 0 Å². The number of ether oxygens (including phenoxy) is 1. The molecule has 1 fully saturated rings. The molecule has 6 heteroatoms. The molecule has 17 heavy (non-hydrogen) atoms. The lowest BCUT2D eigenvalue weighted by atomic mass is 10.3. The van der Waals surface area contributed by atoms with Crippen molar-refractivity contribution in [1.29, 1.82) is 0 Å². The van der Waals surface area contributed by atoms with Gasteiger partial charge in [0.15, 0.2) is 0 Å². The number of nitrogens with zero attached hydrogens (tertiary/aromatic N) is 1. The molecule has 0 aliphatic carbocycles. The van der Waals surface area contributed by atoms with Gasteiger partial charge in [-0.05, 0) is 30.7 Å². The molecule has 1 heterocycles. The Kier molecular flexibility index (Phi) is 3.61. The van der Waals surface area contributed by atoms with E-state index >= 15 is 0 Å². The lowest BCUT2D eigenvalue weighted by Crippen LogP contribution is -2.22. The smallest absolute Gasteiger partial charge is 0.261 e. The first-order valence-corrected chi connectivity index (χ1v) is 7.64. The van der Waals surface area contributed by atoms with E-state index < -0.39 is 9.05 Å². The quantitative estimate of drug-likeness (QED) is 0.790. The van der Waals surface area contributed by atoms with Crippen LogP contribution in [0, 0.1) is 0 Å². The summed E-state index contributed by atoms with van der Waals surface area (Å²) in [6.45, 7) is 1.76. The lowest BCUT2D eigenvalue weighted by Gasteiger charge is -2.18. The van der Waals surface area contributed by atoms with Gasteiger partial charge in [0.1, 0.15) is 0 Å².